The van der Waals surface area contributed by atoms with Gasteiger partial charge in [0.15, 0.2) is 11.5 Å². The van der Waals surface area contributed by atoms with Crippen LogP contribution in [0, 0.1) is 5.92 Å². The van der Waals surface area contributed by atoms with E-state index in [-0.39, 0.29) is 22.9 Å². The van der Waals surface area contributed by atoms with Crippen LogP contribution < -0.4 is 0 Å². The lowest BCUT2D eigenvalue weighted by Gasteiger charge is -2.09. The molecule has 0 spiro atoms. The number of carbonyl (C=O) groups excluding carboxylic acids is 3. The van der Waals surface area contributed by atoms with E-state index >= 15 is 0 Å². The first-order chi connectivity index (χ1) is 8.49. The van der Waals surface area contributed by atoms with Crippen molar-refractivity contribution in [2.75, 3.05) is 14.2 Å². The van der Waals surface area contributed by atoms with Crippen molar-refractivity contribution in [1.29, 1.82) is 0 Å². The van der Waals surface area contributed by atoms with Crippen LogP contribution in [0.15, 0.2) is 35.6 Å². The van der Waals surface area contributed by atoms with Crippen molar-refractivity contribution in [3.63, 3.8) is 0 Å². The zero-order chi connectivity index (χ0) is 13.7. The van der Waals surface area contributed by atoms with E-state index in [1.165, 1.54) is 32.4 Å². The summed E-state index contributed by atoms with van der Waals surface area (Å²) in [5.74, 6) is -1.58. The lowest BCUT2D eigenvalue weighted by Crippen LogP contribution is -2.14. The molecule has 0 aromatic carbocycles. The largest absolute Gasteiger partial charge is 0.493 e. The monoisotopic (exact) mass is 250 g/mol. The first kappa shape index (κ1) is 13.9. The van der Waals surface area contributed by atoms with Crippen molar-refractivity contribution in [3.05, 3.63) is 35.6 Å². The van der Waals surface area contributed by atoms with E-state index in [4.69, 9.17) is 4.74 Å². The maximum atomic E-state index is 11.6. The number of allylic oxidation sites excluding steroid dienone is 4. The van der Waals surface area contributed by atoms with E-state index in [0.717, 1.165) is 6.08 Å². The van der Waals surface area contributed by atoms with Gasteiger partial charge in [-0.3, -0.25) is 14.4 Å². The van der Waals surface area contributed by atoms with Crippen molar-refractivity contribution in [1.82, 2.24) is 0 Å². The average Bonchev–Trinajstić information content (AvgIpc) is 2.37. The maximum absolute atomic E-state index is 11.6. The molecule has 96 valence electrons. The number of hydrogen-bond donors (Lipinski definition) is 0. The highest BCUT2D eigenvalue weighted by Crippen LogP contribution is 2.14. The first-order valence-electron chi connectivity index (χ1n) is 5.31. The number of carbonyl (C=O) groups is 3. The topological polar surface area (TPSA) is 69.7 Å². The summed E-state index contributed by atoms with van der Waals surface area (Å²) >= 11 is 0. The highest BCUT2D eigenvalue weighted by Gasteiger charge is 2.19. The molecule has 0 N–H and O–H groups in total. The molecule has 0 fully saturated rings. The quantitative estimate of drug-likeness (QED) is 0.549. The second-order valence-electron chi connectivity index (χ2n) is 3.71. The standard InChI is InChI=1S/C13H14O5/c1-8(13(16)18-3)4-5-9-6-11(15)12(17-2)7-10(9)14/h4-8H,1-3H3/b5-4-. The predicted octanol–water partition coefficient (Wildman–Crippen LogP) is 0.960. The third-order valence-corrected chi connectivity index (χ3v) is 2.43. The fraction of sp³-hybridized carbons (Fsp3) is 0.308. The van der Waals surface area contributed by atoms with Crippen LogP contribution in [-0.2, 0) is 23.9 Å². The van der Waals surface area contributed by atoms with Gasteiger partial charge in [0, 0.05) is 17.7 Å². The molecule has 0 amide bonds. The number of ketones is 2. The molecular formula is C13H14O5. The van der Waals surface area contributed by atoms with E-state index < -0.39 is 11.9 Å². The van der Waals surface area contributed by atoms with Crippen LogP contribution in [0.3, 0.4) is 0 Å². The Bertz CT molecular complexity index is 468. The molecule has 1 rings (SSSR count). The van der Waals surface area contributed by atoms with Gasteiger partial charge in [0.1, 0.15) is 0 Å². The van der Waals surface area contributed by atoms with Gasteiger partial charge in [0.2, 0.25) is 5.78 Å². The van der Waals surface area contributed by atoms with Crippen molar-refractivity contribution in [2.45, 2.75) is 6.92 Å². The first-order valence-corrected chi connectivity index (χ1v) is 5.31. The Kier molecular flexibility index (Phi) is 4.59. The molecule has 1 aliphatic carbocycles. The van der Waals surface area contributed by atoms with Gasteiger partial charge >= 0.3 is 5.97 Å². The van der Waals surface area contributed by atoms with Crippen LogP contribution in [0.4, 0.5) is 0 Å². The molecule has 5 nitrogen and oxygen atoms in total. The molecule has 0 aromatic heterocycles. The number of ether oxygens (including phenoxy) is 2. The summed E-state index contributed by atoms with van der Waals surface area (Å²) in [6.07, 6.45) is 5.26. The molecule has 18 heavy (non-hydrogen) atoms. The molecule has 0 saturated heterocycles. The minimum atomic E-state index is -0.480. The van der Waals surface area contributed by atoms with Gasteiger partial charge < -0.3 is 9.47 Å². The fourth-order valence-corrected chi connectivity index (χ4v) is 1.36. The fourth-order valence-electron chi connectivity index (χ4n) is 1.36. The van der Waals surface area contributed by atoms with Crippen LogP contribution in [0.5, 0.6) is 0 Å². The average molecular weight is 250 g/mol. The molecular weight excluding hydrogens is 236 g/mol. The van der Waals surface area contributed by atoms with Crippen molar-refractivity contribution < 1.29 is 23.9 Å². The molecule has 0 aliphatic heterocycles. The summed E-state index contributed by atoms with van der Waals surface area (Å²) in [6.45, 7) is 1.63. The summed E-state index contributed by atoms with van der Waals surface area (Å²) in [6, 6.07) is 0. The van der Waals surface area contributed by atoms with E-state index in [1.807, 2.05) is 0 Å². The van der Waals surface area contributed by atoms with Gasteiger partial charge in [-0.15, -0.1) is 0 Å². The second-order valence-corrected chi connectivity index (χ2v) is 3.71. The molecule has 0 saturated carbocycles. The third kappa shape index (κ3) is 3.16. The molecule has 5 heteroatoms. The lowest BCUT2D eigenvalue weighted by atomic mass is 10.0. The normalized spacial score (nSPS) is 17.3. The molecule has 1 unspecified atom stereocenters. The Hall–Kier alpha value is -2.17. The zero-order valence-electron chi connectivity index (χ0n) is 10.4. The van der Waals surface area contributed by atoms with Gasteiger partial charge in [-0.2, -0.15) is 0 Å². The number of esters is 1. The minimum absolute atomic E-state index is 0.0122. The van der Waals surface area contributed by atoms with E-state index in [2.05, 4.69) is 4.74 Å². The summed E-state index contributed by atoms with van der Waals surface area (Å²) in [5, 5.41) is 0. The number of methoxy groups -OCH3 is 2. The van der Waals surface area contributed by atoms with Crippen LogP contribution in [0.2, 0.25) is 0 Å². The van der Waals surface area contributed by atoms with Crippen molar-refractivity contribution in [2.24, 2.45) is 5.92 Å². The Morgan fingerprint density at radius 2 is 1.89 bits per heavy atom. The Morgan fingerprint density at radius 3 is 2.44 bits per heavy atom. The number of hydrogen-bond acceptors (Lipinski definition) is 5. The summed E-state index contributed by atoms with van der Waals surface area (Å²) < 4.78 is 9.29. The van der Waals surface area contributed by atoms with Crippen LogP contribution in [0.1, 0.15) is 6.92 Å². The van der Waals surface area contributed by atoms with Gasteiger partial charge in [-0.25, -0.2) is 0 Å². The highest BCUT2D eigenvalue weighted by molar-refractivity contribution is 6.20. The Morgan fingerprint density at radius 1 is 1.22 bits per heavy atom. The van der Waals surface area contributed by atoms with E-state index in [0.29, 0.717) is 0 Å². The van der Waals surface area contributed by atoms with E-state index in [1.54, 1.807) is 6.92 Å². The minimum Gasteiger partial charge on any atom is -0.493 e. The van der Waals surface area contributed by atoms with Crippen LogP contribution >= 0.6 is 0 Å². The predicted molar refractivity (Wildman–Crippen MR) is 63.5 cm³/mol. The second kappa shape index (κ2) is 5.95. The van der Waals surface area contributed by atoms with Gasteiger partial charge in [-0.1, -0.05) is 12.2 Å². The Labute approximate surface area is 105 Å². The van der Waals surface area contributed by atoms with E-state index in [9.17, 15) is 14.4 Å². The lowest BCUT2D eigenvalue weighted by molar-refractivity contribution is -0.143. The van der Waals surface area contributed by atoms with Gasteiger partial charge in [0.05, 0.1) is 20.1 Å². The molecule has 0 heterocycles. The maximum Gasteiger partial charge on any atom is 0.312 e. The molecule has 0 radical (unpaired) electrons. The highest BCUT2D eigenvalue weighted by atomic mass is 16.5. The zero-order valence-corrected chi connectivity index (χ0v) is 10.4. The molecule has 1 aliphatic rings. The smallest absolute Gasteiger partial charge is 0.312 e. The third-order valence-electron chi connectivity index (χ3n) is 2.43. The molecule has 0 aromatic rings. The van der Waals surface area contributed by atoms with Crippen molar-refractivity contribution >= 4 is 17.5 Å². The van der Waals surface area contributed by atoms with Crippen molar-refractivity contribution in [3.8, 4) is 0 Å². The van der Waals surface area contributed by atoms with Gasteiger partial charge in [0.25, 0.3) is 0 Å². The molecule has 0 bridgehead atoms. The van der Waals surface area contributed by atoms with Crippen LogP contribution in [0.25, 0.3) is 0 Å². The molecule has 1 atom stereocenters. The summed E-state index contributed by atoms with van der Waals surface area (Å²) in [4.78, 5) is 34.2. The Balaban J connectivity index is 2.81. The SMILES string of the molecule is COC(=O)C(C)/C=C\C1=CC(=O)C(OC)=CC1=O. The van der Waals surface area contributed by atoms with Gasteiger partial charge in [-0.05, 0) is 6.92 Å². The summed E-state index contributed by atoms with van der Waals surface area (Å²) in [7, 11) is 2.61. The summed E-state index contributed by atoms with van der Waals surface area (Å²) in [5.41, 5.74) is 0.219. The van der Waals surface area contributed by atoms with Crippen LogP contribution in [-0.4, -0.2) is 31.8 Å². The number of rotatable bonds is 4.